The van der Waals surface area contributed by atoms with Crippen molar-refractivity contribution in [1.29, 1.82) is 0 Å². The lowest BCUT2D eigenvalue weighted by molar-refractivity contribution is -0.127. The van der Waals surface area contributed by atoms with Crippen molar-refractivity contribution in [3.05, 3.63) is 35.9 Å². The average molecular weight is 343 g/mol. The van der Waals surface area contributed by atoms with Gasteiger partial charge in [0.2, 0.25) is 11.8 Å². The summed E-state index contributed by atoms with van der Waals surface area (Å²) in [5.41, 5.74) is 0.458. The van der Waals surface area contributed by atoms with Gasteiger partial charge in [0, 0.05) is 11.6 Å². The molecular formula is C19H25N3O3. The smallest absolute Gasteiger partial charge is 0.257 e. The SMILES string of the molecule is O=C(CN1CCC[C@H]1C(=O)NC(=O)c1ccccc1)NC1CCCC1. The molecule has 2 aliphatic rings. The molecule has 0 bridgehead atoms. The number of carbonyl (C=O) groups is 3. The third-order valence-electron chi connectivity index (χ3n) is 5.01. The molecule has 1 saturated heterocycles. The molecule has 3 amide bonds. The van der Waals surface area contributed by atoms with Crippen LogP contribution in [0.3, 0.4) is 0 Å². The first-order valence-corrected chi connectivity index (χ1v) is 9.07. The fourth-order valence-electron chi connectivity index (χ4n) is 3.70. The van der Waals surface area contributed by atoms with Gasteiger partial charge < -0.3 is 5.32 Å². The molecule has 0 radical (unpaired) electrons. The summed E-state index contributed by atoms with van der Waals surface area (Å²) in [6, 6.07) is 8.54. The van der Waals surface area contributed by atoms with Crippen LogP contribution >= 0.6 is 0 Å². The van der Waals surface area contributed by atoms with E-state index in [2.05, 4.69) is 10.6 Å². The molecule has 1 atom stereocenters. The predicted molar refractivity (Wildman–Crippen MR) is 93.9 cm³/mol. The largest absolute Gasteiger partial charge is 0.352 e. The van der Waals surface area contributed by atoms with E-state index in [1.807, 2.05) is 11.0 Å². The zero-order chi connectivity index (χ0) is 17.6. The van der Waals surface area contributed by atoms with Gasteiger partial charge in [0.25, 0.3) is 5.91 Å². The number of nitrogens with one attached hydrogen (secondary N) is 2. The number of imide groups is 1. The molecule has 0 spiro atoms. The Kier molecular flexibility index (Phi) is 5.81. The minimum atomic E-state index is -0.415. The minimum Gasteiger partial charge on any atom is -0.352 e. The van der Waals surface area contributed by atoms with E-state index in [0.717, 1.165) is 19.3 Å². The Labute approximate surface area is 148 Å². The van der Waals surface area contributed by atoms with Crippen LogP contribution in [-0.2, 0) is 9.59 Å². The number of benzene rings is 1. The van der Waals surface area contributed by atoms with Gasteiger partial charge in [-0.05, 0) is 44.4 Å². The van der Waals surface area contributed by atoms with Crippen LogP contribution in [0.25, 0.3) is 0 Å². The first kappa shape index (κ1) is 17.6. The van der Waals surface area contributed by atoms with E-state index in [0.29, 0.717) is 18.5 Å². The van der Waals surface area contributed by atoms with Crippen molar-refractivity contribution < 1.29 is 14.4 Å². The molecule has 134 valence electrons. The van der Waals surface area contributed by atoms with Crippen molar-refractivity contribution in [3.63, 3.8) is 0 Å². The zero-order valence-corrected chi connectivity index (χ0v) is 14.4. The Hall–Kier alpha value is -2.21. The summed E-state index contributed by atoms with van der Waals surface area (Å²) in [6.45, 7) is 0.920. The second-order valence-corrected chi connectivity index (χ2v) is 6.86. The van der Waals surface area contributed by atoms with Crippen molar-refractivity contribution in [1.82, 2.24) is 15.5 Å². The Morgan fingerprint density at radius 2 is 1.72 bits per heavy atom. The van der Waals surface area contributed by atoms with Crippen LogP contribution in [0.2, 0.25) is 0 Å². The molecule has 1 saturated carbocycles. The predicted octanol–water partition coefficient (Wildman–Crippen LogP) is 1.47. The van der Waals surface area contributed by atoms with Gasteiger partial charge in [-0.25, -0.2) is 0 Å². The molecule has 25 heavy (non-hydrogen) atoms. The lowest BCUT2D eigenvalue weighted by atomic mass is 10.1. The highest BCUT2D eigenvalue weighted by Crippen LogP contribution is 2.19. The summed E-state index contributed by atoms with van der Waals surface area (Å²) in [7, 11) is 0. The molecule has 0 aromatic heterocycles. The topological polar surface area (TPSA) is 78.5 Å². The average Bonchev–Trinajstić information content (AvgIpc) is 3.27. The quantitative estimate of drug-likeness (QED) is 0.794. The first-order valence-electron chi connectivity index (χ1n) is 9.07. The summed E-state index contributed by atoms with van der Waals surface area (Å²) >= 11 is 0. The number of likely N-dealkylation sites (tertiary alicyclic amines) is 1. The molecule has 1 aliphatic carbocycles. The number of amides is 3. The summed E-state index contributed by atoms with van der Waals surface area (Å²) in [4.78, 5) is 38.7. The van der Waals surface area contributed by atoms with E-state index in [4.69, 9.17) is 0 Å². The van der Waals surface area contributed by atoms with E-state index < -0.39 is 11.9 Å². The second kappa shape index (κ2) is 8.25. The van der Waals surface area contributed by atoms with Crippen LogP contribution in [0, 0.1) is 0 Å². The Bertz CT molecular complexity index is 626. The van der Waals surface area contributed by atoms with Crippen molar-refractivity contribution in [2.45, 2.75) is 50.6 Å². The third-order valence-corrected chi connectivity index (χ3v) is 5.01. The number of hydrogen-bond acceptors (Lipinski definition) is 4. The summed E-state index contributed by atoms with van der Waals surface area (Å²) in [6.07, 6.45) is 5.95. The molecule has 0 unspecified atom stereocenters. The molecule has 1 heterocycles. The van der Waals surface area contributed by atoms with Gasteiger partial charge in [-0.15, -0.1) is 0 Å². The minimum absolute atomic E-state index is 0.0269. The fraction of sp³-hybridized carbons (Fsp3) is 0.526. The van der Waals surface area contributed by atoms with Crippen LogP contribution in [0.4, 0.5) is 0 Å². The van der Waals surface area contributed by atoms with Crippen LogP contribution in [0.1, 0.15) is 48.9 Å². The molecule has 1 aliphatic heterocycles. The third kappa shape index (κ3) is 4.66. The Morgan fingerprint density at radius 1 is 1.00 bits per heavy atom. The van der Waals surface area contributed by atoms with Crippen molar-refractivity contribution >= 4 is 17.7 Å². The maximum absolute atomic E-state index is 12.5. The molecule has 1 aromatic carbocycles. The summed E-state index contributed by atoms with van der Waals surface area (Å²) in [5.74, 6) is -0.742. The lowest BCUT2D eigenvalue weighted by Crippen LogP contribution is -2.49. The number of carbonyl (C=O) groups excluding carboxylic acids is 3. The Balaban J connectivity index is 1.52. The highest BCUT2D eigenvalue weighted by atomic mass is 16.2. The number of rotatable bonds is 5. The summed E-state index contributed by atoms with van der Waals surface area (Å²) in [5, 5.41) is 5.52. The molecular weight excluding hydrogens is 318 g/mol. The van der Waals surface area contributed by atoms with E-state index in [-0.39, 0.29) is 24.4 Å². The standard InChI is InChI=1S/C19H25N3O3/c23-17(20-15-9-4-5-10-15)13-22-12-6-11-16(22)19(25)21-18(24)14-7-2-1-3-8-14/h1-3,7-8,15-16H,4-6,9-13H2,(H,20,23)(H,21,24,25)/t16-/m0/s1. The highest BCUT2D eigenvalue weighted by Gasteiger charge is 2.33. The maximum Gasteiger partial charge on any atom is 0.257 e. The van der Waals surface area contributed by atoms with Crippen LogP contribution in [0.5, 0.6) is 0 Å². The lowest BCUT2D eigenvalue weighted by Gasteiger charge is -2.23. The van der Waals surface area contributed by atoms with Gasteiger partial charge in [0.1, 0.15) is 0 Å². The van der Waals surface area contributed by atoms with Gasteiger partial charge >= 0.3 is 0 Å². The molecule has 3 rings (SSSR count). The van der Waals surface area contributed by atoms with Crippen LogP contribution in [0.15, 0.2) is 30.3 Å². The summed E-state index contributed by atoms with van der Waals surface area (Å²) < 4.78 is 0. The molecule has 6 heteroatoms. The zero-order valence-electron chi connectivity index (χ0n) is 14.4. The van der Waals surface area contributed by atoms with Gasteiger partial charge in [0.05, 0.1) is 12.6 Å². The van der Waals surface area contributed by atoms with Crippen molar-refractivity contribution in [2.75, 3.05) is 13.1 Å². The molecule has 6 nitrogen and oxygen atoms in total. The van der Waals surface area contributed by atoms with E-state index >= 15 is 0 Å². The van der Waals surface area contributed by atoms with Gasteiger partial charge in [0.15, 0.2) is 0 Å². The monoisotopic (exact) mass is 343 g/mol. The van der Waals surface area contributed by atoms with E-state index in [1.54, 1.807) is 24.3 Å². The normalized spacial score (nSPS) is 21.2. The maximum atomic E-state index is 12.5. The molecule has 2 N–H and O–H groups in total. The van der Waals surface area contributed by atoms with Gasteiger partial charge in [-0.2, -0.15) is 0 Å². The van der Waals surface area contributed by atoms with Crippen LogP contribution in [-0.4, -0.2) is 47.8 Å². The van der Waals surface area contributed by atoms with Gasteiger partial charge in [-0.3, -0.25) is 24.6 Å². The number of nitrogens with zero attached hydrogens (tertiary/aromatic N) is 1. The van der Waals surface area contributed by atoms with E-state index in [1.165, 1.54) is 12.8 Å². The molecule has 2 fully saturated rings. The van der Waals surface area contributed by atoms with Crippen LogP contribution < -0.4 is 10.6 Å². The molecule has 1 aromatic rings. The second-order valence-electron chi connectivity index (χ2n) is 6.86. The van der Waals surface area contributed by atoms with E-state index in [9.17, 15) is 14.4 Å². The van der Waals surface area contributed by atoms with Crippen molar-refractivity contribution in [2.24, 2.45) is 0 Å². The number of hydrogen-bond donors (Lipinski definition) is 2. The highest BCUT2D eigenvalue weighted by molar-refractivity contribution is 6.06. The van der Waals surface area contributed by atoms with Crippen molar-refractivity contribution in [3.8, 4) is 0 Å². The van der Waals surface area contributed by atoms with Gasteiger partial charge in [-0.1, -0.05) is 31.0 Å². The first-order chi connectivity index (χ1) is 12.1. The Morgan fingerprint density at radius 3 is 2.44 bits per heavy atom. The fourth-order valence-corrected chi connectivity index (χ4v) is 3.70.